The Morgan fingerprint density at radius 1 is 1.04 bits per heavy atom. The third kappa shape index (κ3) is 4.83. The second kappa shape index (κ2) is 8.50. The molecule has 1 aromatic rings. The number of rotatable bonds is 4. The van der Waals surface area contributed by atoms with Crippen molar-refractivity contribution in [1.82, 2.24) is 10.2 Å². The third-order valence-electron chi connectivity index (χ3n) is 5.77. The van der Waals surface area contributed by atoms with Crippen molar-refractivity contribution >= 4 is 11.8 Å². The fourth-order valence-corrected chi connectivity index (χ4v) is 4.04. The molecule has 1 heterocycles. The van der Waals surface area contributed by atoms with Gasteiger partial charge in [-0.25, -0.2) is 0 Å². The van der Waals surface area contributed by atoms with Crippen LogP contribution in [-0.4, -0.2) is 35.8 Å². The summed E-state index contributed by atoms with van der Waals surface area (Å²) in [6, 6.07) is 8.43. The lowest BCUT2D eigenvalue weighted by Crippen LogP contribution is -2.46. The first kappa shape index (κ1) is 18.0. The largest absolute Gasteiger partial charge is 0.353 e. The van der Waals surface area contributed by atoms with Gasteiger partial charge in [0.2, 0.25) is 11.8 Å². The summed E-state index contributed by atoms with van der Waals surface area (Å²) in [6.45, 7) is 3.45. The molecule has 0 radical (unpaired) electrons. The topological polar surface area (TPSA) is 49.4 Å². The predicted molar refractivity (Wildman–Crippen MR) is 99.2 cm³/mol. The van der Waals surface area contributed by atoms with Crippen LogP contribution in [0.1, 0.15) is 56.1 Å². The Labute approximate surface area is 151 Å². The highest BCUT2D eigenvalue weighted by Crippen LogP contribution is 2.22. The second-order valence-corrected chi connectivity index (χ2v) is 7.60. The van der Waals surface area contributed by atoms with E-state index in [1.54, 1.807) is 0 Å². The minimum Gasteiger partial charge on any atom is -0.353 e. The van der Waals surface area contributed by atoms with Gasteiger partial charge in [0.25, 0.3) is 0 Å². The highest BCUT2D eigenvalue weighted by Gasteiger charge is 2.28. The van der Waals surface area contributed by atoms with Crippen LogP contribution in [0.5, 0.6) is 0 Å². The van der Waals surface area contributed by atoms with Crippen molar-refractivity contribution in [3.05, 3.63) is 35.4 Å². The molecule has 25 heavy (non-hydrogen) atoms. The van der Waals surface area contributed by atoms with E-state index in [1.165, 1.54) is 19.3 Å². The molecule has 2 amide bonds. The molecule has 1 saturated carbocycles. The number of benzene rings is 1. The van der Waals surface area contributed by atoms with Gasteiger partial charge in [0, 0.05) is 25.0 Å². The Morgan fingerprint density at radius 2 is 1.72 bits per heavy atom. The Kier molecular flexibility index (Phi) is 6.11. The summed E-state index contributed by atoms with van der Waals surface area (Å²) in [5.41, 5.74) is 2.27. The molecule has 4 nitrogen and oxygen atoms in total. The molecule has 1 saturated heterocycles. The van der Waals surface area contributed by atoms with Crippen LogP contribution < -0.4 is 5.32 Å². The number of nitrogens with zero attached hydrogens (tertiary/aromatic N) is 1. The van der Waals surface area contributed by atoms with Crippen LogP contribution >= 0.6 is 0 Å². The fraction of sp³-hybridized carbons (Fsp3) is 0.619. The zero-order valence-electron chi connectivity index (χ0n) is 15.3. The van der Waals surface area contributed by atoms with Gasteiger partial charge in [-0.1, -0.05) is 43.5 Å². The zero-order valence-corrected chi connectivity index (χ0v) is 15.3. The zero-order chi connectivity index (χ0) is 17.6. The Bertz CT molecular complexity index is 600. The van der Waals surface area contributed by atoms with E-state index in [1.807, 2.05) is 36.1 Å². The lowest BCUT2D eigenvalue weighted by atomic mass is 9.92. The molecule has 1 N–H and O–H groups in total. The van der Waals surface area contributed by atoms with Gasteiger partial charge < -0.3 is 10.2 Å². The maximum atomic E-state index is 12.5. The van der Waals surface area contributed by atoms with E-state index >= 15 is 0 Å². The van der Waals surface area contributed by atoms with E-state index in [9.17, 15) is 9.59 Å². The molecule has 2 fully saturated rings. The summed E-state index contributed by atoms with van der Waals surface area (Å²) in [5, 5.41) is 3.24. The van der Waals surface area contributed by atoms with Crippen LogP contribution in [0.4, 0.5) is 0 Å². The van der Waals surface area contributed by atoms with Crippen molar-refractivity contribution < 1.29 is 9.59 Å². The first-order valence-electron chi connectivity index (χ1n) is 9.76. The lowest BCUT2D eigenvalue weighted by molar-refractivity contribution is -0.135. The SMILES string of the molecule is Cc1ccccc1CC(=O)N1CCC(C(=O)NC2CCCCC2)CC1. The van der Waals surface area contributed by atoms with Gasteiger partial charge in [-0.3, -0.25) is 9.59 Å². The average Bonchev–Trinajstić information content (AvgIpc) is 2.64. The normalized spacial score (nSPS) is 19.6. The van der Waals surface area contributed by atoms with Crippen molar-refractivity contribution in [1.29, 1.82) is 0 Å². The molecular weight excluding hydrogens is 312 g/mol. The fourth-order valence-electron chi connectivity index (χ4n) is 4.04. The molecule has 1 aliphatic carbocycles. The lowest BCUT2D eigenvalue weighted by Gasteiger charge is -2.33. The molecular formula is C21H30N2O2. The van der Waals surface area contributed by atoms with Crippen molar-refractivity contribution in [2.75, 3.05) is 13.1 Å². The van der Waals surface area contributed by atoms with E-state index in [2.05, 4.69) is 5.32 Å². The number of piperidine rings is 1. The van der Waals surface area contributed by atoms with E-state index in [0.717, 1.165) is 36.8 Å². The molecule has 1 aromatic carbocycles. The standard InChI is InChI=1S/C21H30N2O2/c1-16-7-5-6-8-18(16)15-20(24)23-13-11-17(12-14-23)21(25)22-19-9-3-2-4-10-19/h5-8,17,19H,2-4,9-15H2,1H3,(H,22,25). The molecule has 0 spiro atoms. The van der Waals surface area contributed by atoms with Crippen LogP contribution in [0.3, 0.4) is 0 Å². The minimum absolute atomic E-state index is 0.0736. The molecule has 0 unspecified atom stereocenters. The summed E-state index contributed by atoms with van der Waals surface area (Å²) in [6.07, 6.45) is 8.06. The van der Waals surface area contributed by atoms with Crippen molar-refractivity contribution in [3.8, 4) is 0 Å². The Balaban J connectivity index is 1.45. The molecule has 0 bridgehead atoms. The van der Waals surface area contributed by atoms with Crippen LogP contribution in [-0.2, 0) is 16.0 Å². The smallest absolute Gasteiger partial charge is 0.226 e. The number of hydrogen-bond donors (Lipinski definition) is 1. The maximum Gasteiger partial charge on any atom is 0.226 e. The number of hydrogen-bond acceptors (Lipinski definition) is 2. The number of carbonyl (C=O) groups is 2. The average molecular weight is 342 g/mol. The number of aryl methyl sites for hydroxylation is 1. The minimum atomic E-state index is 0.0736. The number of carbonyl (C=O) groups excluding carboxylic acids is 2. The second-order valence-electron chi connectivity index (χ2n) is 7.60. The summed E-state index contributed by atoms with van der Waals surface area (Å²) >= 11 is 0. The quantitative estimate of drug-likeness (QED) is 0.913. The van der Waals surface area contributed by atoms with Gasteiger partial charge in [0.05, 0.1) is 6.42 Å². The van der Waals surface area contributed by atoms with Gasteiger partial charge in [-0.05, 0) is 43.7 Å². The molecule has 0 atom stereocenters. The van der Waals surface area contributed by atoms with E-state index < -0.39 is 0 Å². The van der Waals surface area contributed by atoms with Gasteiger partial charge >= 0.3 is 0 Å². The Hall–Kier alpha value is -1.84. The van der Waals surface area contributed by atoms with Crippen LogP contribution in [0.15, 0.2) is 24.3 Å². The van der Waals surface area contributed by atoms with Crippen molar-refractivity contribution in [2.24, 2.45) is 5.92 Å². The molecule has 4 heteroatoms. The van der Waals surface area contributed by atoms with E-state index in [4.69, 9.17) is 0 Å². The molecule has 136 valence electrons. The highest BCUT2D eigenvalue weighted by molar-refractivity contribution is 5.81. The molecule has 1 aliphatic heterocycles. The maximum absolute atomic E-state index is 12.5. The molecule has 3 rings (SSSR count). The van der Waals surface area contributed by atoms with Gasteiger partial charge in [0.1, 0.15) is 0 Å². The molecule has 2 aliphatic rings. The van der Waals surface area contributed by atoms with Crippen LogP contribution in [0.2, 0.25) is 0 Å². The number of likely N-dealkylation sites (tertiary alicyclic amines) is 1. The third-order valence-corrected chi connectivity index (χ3v) is 5.77. The van der Waals surface area contributed by atoms with Gasteiger partial charge in [0.15, 0.2) is 0 Å². The summed E-state index contributed by atoms with van der Waals surface area (Å²) in [7, 11) is 0. The van der Waals surface area contributed by atoms with Crippen LogP contribution in [0, 0.1) is 12.8 Å². The molecule has 0 aromatic heterocycles. The van der Waals surface area contributed by atoms with Crippen molar-refractivity contribution in [3.63, 3.8) is 0 Å². The summed E-state index contributed by atoms with van der Waals surface area (Å²) in [5.74, 6) is 0.461. The van der Waals surface area contributed by atoms with Gasteiger partial charge in [-0.2, -0.15) is 0 Å². The Morgan fingerprint density at radius 3 is 2.40 bits per heavy atom. The highest BCUT2D eigenvalue weighted by atomic mass is 16.2. The van der Waals surface area contributed by atoms with Crippen LogP contribution in [0.25, 0.3) is 0 Å². The monoisotopic (exact) mass is 342 g/mol. The van der Waals surface area contributed by atoms with Gasteiger partial charge in [-0.15, -0.1) is 0 Å². The summed E-state index contributed by atoms with van der Waals surface area (Å²) in [4.78, 5) is 26.9. The van der Waals surface area contributed by atoms with E-state index in [0.29, 0.717) is 25.6 Å². The number of amides is 2. The first-order valence-corrected chi connectivity index (χ1v) is 9.76. The first-order chi connectivity index (χ1) is 12.1. The van der Waals surface area contributed by atoms with E-state index in [-0.39, 0.29) is 17.7 Å². The predicted octanol–water partition coefficient (Wildman–Crippen LogP) is 3.23. The van der Waals surface area contributed by atoms with Crippen molar-refractivity contribution in [2.45, 2.75) is 64.3 Å². The summed E-state index contributed by atoms with van der Waals surface area (Å²) < 4.78 is 0. The number of nitrogens with one attached hydrogen (secondary N) is 1.